The fraction of sp³-hybridized carbons (Fsp3) is 0.609. The predicted octanol–water partition coefficient (Wildman–Crippen LogP) is 1.33. The van der Waals surface area contributed by atoms with Crippen LogP contribution in [-0.2, 0) is 16.1 Å². The third-order valence-corrected chi connectivity index (χ3v) is 7.48. The SMILES string of the molecule is CCN1C2CC(c3ccc4c(c3)CN(C3CCC(=O)NC3=O)C4=O)CC1CN(C)C2. The number of likely N-dealkylation sites (N-methyl/N-ethyl adjacent to an activating group) is 2. The number of likely N-dealkylation sites (tertiary alicyclic amines) is 1. The Morgan fingerprint density at radius 3 is 2.50 bits per heavy atom. The van der Waals surface area contributed by atoms with Crippen molar-refractivity contribution in [3.8, 4) is 0 Å². The Bertz CT molecular complexity index is 884. The highest BCUT2D eigenvalue weighted by Crippen LogP contribution is 2.39. The van der Waals surface area contributed by atoms with Crippen LogP contribution >= 0.6 is 0 Å². The van der Waals surface area contributed by atoms with Gasteiger partial charge in [0, 0.05) is 43.7 Å². The molecule has 0 spiro atoms. The molecule has 4 aliphatic heterocycles. The van der Waals surface area contributed by atoms with Crippen LogP contribution in [0.15, 0.2) is 18.2 Å². The van der Waals surface area contributed by atoms with E-state index in [9.17, 15) is 14.4 Å². The van der Waals surface area contributed by atoms with Crippen LogP contribution in [0.3, 0.4) is 0 Å². The van der Waals surface area contributed by atoms with Gasteiger partial charge in [-0.15, -0.1) is 0 Å². The van der Waals surface area contributed by atoms with E-state index in [2.05, 4.69) is 41.2 Å². The molecule has 4 heterocycles. The monoisotopic (exact) mass is 410 g/mol. The van der Waals surface area contributed by atoms with Gasteiger partial charge in [0.15, 0.2) is 0 Å². The molecule has 3 saturated heterocycles. The van der Waals surface area contributed by atoms with Crippen molar-refractivity contribution in [3.63, 3.8) is 0 Å². The van der Waals surface area contributed by atoms with Crippen LogP contribution in [-0.4, -0.2) is 77.2 Å². The zero-order chi connectivity index (χ0) is 21.0. The summed E-state index contributed by atoms with van der Waals surface area (Å²) in [6.07, 6.45) is 3.00. The minimum absolute atomic E-state index is 0.0923. The summed E-state index contributed by atoms with van der Waals surface area (Å²) in [6, 6.07) is 6.90. The van der Waals surface area contributed by atoms with Crippen LogP contribution in [0.1, 0.15) is 60.0 Å². The standard InChI is InChI=1S/C23H30N4O3/c1-3-26-17-9-15(10-18(26)13-25(2)12-17)14-4-5-19-16(8-14)11-27(23(19)30)20-6-7-21(28)24-22(20)29/h4-5,8,15,17-18,20H,3,6-7,9-13H2,1-2H3,(H,24,28,29). The molecule has 5 rings (SSSR count). The summed E-state index contributed by atoms with van der Waals surface area (Å²) in [5, 5.41) is 2.37. The summed E-state index contributed by atoms with van der Waals surface area (Å²) in [4.78, 5) is 43.4. The lowest BCUT2D eigenvalue weighted by Crippen LogP contribution is -2.60. The van der Waals surface area contributed by atoms with E-state index in [0.717, 1.165) is 38.0 Å². The number of nitrogens with zero attached hydrogens (tertiary/aromatic N) is 3. The van der Waals surface area contributed by atoms with Crippen molar-refractivity contribution < 1.29 is 14.4 Å². The molecule has 0 radical (unpaired) electrons. The number of hydrogen-bond acceptors (Lipinski definition) is 5. The summed E-state index contributed by atoms with van der Waals surface area (Å²) < 4.78 is 0. The molecule has 7 nitrogen and oxygen atoms in total. The minimum Gasteiger partial charge on any atom is -0.322 e. The number of fused-ring (bicyclic) bond motifs is 3. The van der Waals surface area contributed by atoms with E-state index < -0.39 is 6.04 Å². The second-order valence-electron chi connectivity index (χ2n) is 9.34. The van der Waals surface area contributed by atoms with Crippen molar-refractivity contribution in [3.05, 3.63) is 34.9 Å². The van der Waals surface area contributed by atoms with E-state index >= 15 is 0 Å². The Hall–Kier alpha value is -2.25. The molecule has 1 aromatic rings. The molecule has 2 bridgehead atoms. The zero-order valence-corrected chi connectivity index (χ0v) is 17.8. The number of carbonyl (C=O) groups excluding carboxylic acids is 3. The molecule has 3 unspecified atom stereocenters. The fourth-order valence-corrected chi connectivity index (χ4v) is 6.11. The van der Waals surface area contributed by atoms with Crippen LogP contribution in [0.4, 0.5) is 0 Å². The van der Waals surface area contributed by atoms with Gasteiger partial charge in [0.25, 0.3) is 5.91 Å². The molecule has 3 amide bonds. The molecular weight excluding hydrogens is 380 g/mol. The third kappa shape index (κ3) is 3.24. The largest absolute Gasteiger partial charge is 0.322 e. The van der Waals surface area contributed by atoms with Crippen molar-refractivity contribution in [2.45, 2.75) is 63.2 Å². The highest BCUT2D eigenvalue weighted by Gasteiger charge is 2.41. The van der Waals surface area contributed by atoms with Gasteiger partial charge in [-0.2, -0.15) is 0 Å². The molecule has 1 N–H and O–H groups in total. The van der Waals surface area contributed by atoms with Crippen LogP contribution in [0.25, 0.3) is 0 Å². The molecule has 3 fully saturated rings. The van der Waals surface area contributed by atoms with Gasteiger partial charge in [0.1, 0.15) is 6.04 Å². The number of imide groups is 1. The van der Waals surface area contributed by atoms with E-state index in [4.69, 9.17) is 0 Å². The van der Waals surface area contributed by atoms with Gasteiger partial charge >= 0.3 is 0 Å². The summed E-state index contributed by atoms with van der Waals surface area (Å²) in [5.41, 5.74) is 3.04. The highest BCUT2D eigenvalue weighted by molar-refractivity contribution is 6.05. The van der Waals surface area contributed by atoms with E-state index in [0.29, 0.717) is 36.5 Å². The molecule has 4 aliphatic rings. The number of amides is 3. The predicted molar refractivity (Wildman–Crippen MR) is 112 cm³/mol. The van der Waals surface area contributed by atoms with Crippen LogP contribution in [0.2, 0.25) is 0 Å². The molecule has 1 aromatic carbocycles. The summed E-state index contributed by atoms with van der Waals surface area (Å²) in [7, 11) is 2.22. The number of piperidine rings is 2. The molecule has 0 aliphatic carbocycles. The second-order valence-corrected chi connectivity index (χ2v) is 9.34. The van der Waals surface area contributed by atoms with E-state index in [1.807, 2.05) is 6.07 Å². The maximum Gasteiger partial charge on any atom is 0.255 e. The van der Waals surface area contributed by atoms with E-state index in [-0.39, 0.29) is 24.1 Å². The van der Waals surface area contributed by atoms with Gasteiger partial charge in [0.05, 0.1) is 0 Å². The number of hydrogen-bond donors (Lipinski definition) is 1. The van der Waals surface area contributed by atoms with Gasteiger partial charge in [-0.1, -0.05) is 19.1 Å². The van der Waals surface area contributed by atoms with Crippen molar-refractivity contribution in [1.82, 2.24) is 20.0 Å². The zero-order valence-electron chi connectivity index (χ0n) is 17.8. The number of carbonyl (C=O) groups is 3. The Morgan fingerprint density at radius 1 is 1.10 bits per heavy atom. The van der Waals surface area contributed by atoms with Crippen LogP contribution < -0.4 is 5.32 Å². The highest BCUT2D eigenvalue weighted by atomic mass is 16.2. The molecule has 30 heavy (non-hydrogen) atoms. The van der Waals surface area contributed by atoms with E-state index in [1.165, 1.54) is 5.56 Å². The van der Waals surface area contributed by atoms with Crippen molar-refractivity contribution in [2.24, 2.45) is 0 Å². The molecule has 160 valence electrons. The number of rotatable bonds is 3. The van der Waals surface area contributed by atoms with Crippen molar-refractivity contribution in [1.29, 1.82) is 0 Å². The molecular formula is C23H30N4O3. The Labute approximate surface area is 177 Å². The van der Waals surface area contributed by atoms with Crippen LogP contribution in [0, 0.1) is 0 Å². The lowest BCUT2D eigenvalue weighted by Gasteiger charge is -2.51. The fourth-order valence-electron chi connectivity index (χ4n) is 6.11. The molecule has 3 atom stereocenters. The normalized spacial score (nSPS) is 32.3. The number of nitrogens with one attached hydrogen (secondary N) is 1. The number of piperazine rings is 1. The van der Waals surface area contributed by atoms with Crippen molar-refractivity contribution in [2.75, 3.05) is 26.7 Å². The van der Waals surface area contributed by atoms with Gasteiger partial charge in [0.2, 0.25) is 11.8 Å². The smallest absolute Gasteiger partial charge is 0.255 e. The van der Waals surface area contributed by atoms with Gasteiger partial charge in [-0.3, -0.25) is 24.6 Å². The second kappa shape index (κ2) is 7.46. The summed E-state index contributed by atoms with van der Waals surface area (Å²) in [5.74, 6) is -0.180. The molecule has 7 heteroatoms. The first-order valence-electron chi connectivity index (χ1n) is 11.2. The lowest BCUT2D eigenvalue weighted by molar-refractivity contribution is -0.136. The maximum absolute atomic E-state index is 12.9. The topological polar surface area (TPSA) is 73.0 Å². The molecule has 0 aromatic heterocycles. The Balaban J connectivity index is 1.35. The average molecular weight is 411 g/mol. The van der Waals surface area contributed by atoms with E-state index in [1.54, 1.807) is 4.90 Å². The lowest BCUT2D eigenvalue weighted by atomic mass is 9.79. The molecule has 0 saturated carbocycles. The van der Waals surface area contributed by atoms with Crippen LogP contribution in [0.5, 0.6) is 0 Å². The van der Waals surface area contributed by atoms with Gasteiger partial charge in [-0.25, -0.2) is 0 Å². The summed E-state index contributed by atoms with van der Waals surface area (Å²) in [6.45, 7) is 6.06. The Kier molecular flexibility index (Phi) is 4.90. The van der Waals surface area contributed by atoms with Gasteiger partial charge in [-0.05, 0) is 56.0 Å². The Morgan fingerprint density at radius 2 is 1.83 bits per heavy atom. The minimum atomic E-state index is -0.547. The summed E-state index contributed by atoms with van der Waals surface area (Å²) >= 11 is 0. The first-order chi connectivity index (χ1) is 14.4. The first-order valence-corrected chi connectivity index (χ1v) is 11.2. The first kappa shape index (κ1) is 19.7. The van der Waals surface area contributed by atoms with Gasteiger partial charge < -0.3 is 9.80 Å². The number of benzene rings is 1. The average Bonchev–Trinajstić information content (AvgIpc) is 3.02. The quantitative estimate of drug-likeness (QED) is 0.761. The third-order valence-electron chi connectivity index (χ3n) is 7.48. The maximum atomic E-state index is 12.9. The van der Waals surface area contributed by atoms with Crippen molar-refractivity contribution >= 4 is 17.7 Å².